The van der Waals surface area contributed by atoms with Crippen molar-refractivity contribution in [3.8, 4) is 11.5 Å². The van der Waals surface area contributed by atoms with E-state index >= 15 is 0 Å². The molecule has 2 aromatic rings. The predicted octanol–water partition coefficient (Wildman–Crippen LogP) is 1.92. The maximum atomic E-state index is 9.39. The molecule has 0 spiro atoms. The zero-order valence-corrected chi connectivity index (χ0v) is 11.9. The number of imidazole rings is 1. The Morgan fingerprint density at radius 2 is 2.33 bits per heavy atom. The third kappa shape index (κ3) is 2.21. The summed E-state index contributed by atoms with van der Waals surface area (Å²) in [6.07, 6.45) is 0. The molecule has 2 N–H and O–H groups in total. The lowest BCUT2D eigenvalue weighted by molar-refractivity contribution is 0.277. The van der Waals surface area contributed by atoms with Crippen molar-refractivity contribution in [1.29, 1.82) is 0 Å². The maximum Gasteiger partial charge on any atom is 0.169 e. The van der Waals surface area contributed by atoms with Crippen molar-refractivity contribution in [1.82, 2.24) is 14.9 Å². The fraction of sp³-hybridized carbons (Fsp3) is 0.364. The summed E-state index contributed by atoms with van der Waals surface area (Å²) < 4.78 is 8.35. The first-order chi connectivity index (χ1) is 8.29. The van der Waals surface area contributed by atoms with E-state index in [0.717, 1.165) is 36.9 Å². The lowest BCUT2D eigenvalue weighted by atomic mass is 10.2. The number of rotatable bonds is 2. The number of fused-ring (bicyclic) bond motifs is 1. The van der Waals surface area contributed by atoms with Crippen molar-refractivity contribution in [3.63, 3.8) is 0 Å². The monoisotopic (exact) mass is 333 g/mol. The first-order valence-corrected chi connectivity index (χ1v) is 6.24. The van der Waals surface area contributed by atoms with Crippen LogP contribution in [0.25, 0.3) is 11.5 Å². The van der Waals surface area contributed by atoms with Gasteiger partial charge in [0, 0.05) is 13.1 Å². The molecule has 0 radical (unpaired) electrons. The molecule has 0 atom stereocenters. The first kappa shape index (κ1) is 13.6. The van der Waals surface area contributed by atoms with Gasteiger partial charge in [-0.25, -0.2) is 4.98 Å². The molecule has 0 saturated heterocycles. The molecule has 0 unspecified atom stereocenters. The smallest absolute Gasteiger partial charge is 0.169 e. The molecule has 0 saturated carbocycles. The van der Waals surface area contributed by atoms with E-state index in [9.17, 15) is 5.11 Å². The van der Waals surface area contributed by atoms with Crippen LogP contribution in [0.4, 0.5) is 0 Å². The average Bonchev–Trinajstić information content (AvgIpc) is 2.91. The van der Waals surface area contributed by atoms with Crippen LogP contribution in [0, 0.1) is 0 Å². The number of hydrogen-bond donors (Lipinski definition) is 2. The molecular weight excluding hydrogens is 321 g/mol. The molecule has 18 heavy (non-hydrogen) atoms. The molecule has 0 amide bonds. The van der Waals surface area contributed by atoms with Crippen LogP contribution in [0.15, 0.2) is 21.2 Å². The zero-order valence-electron chi connectivity index (χ0n) is 9.52. The Labute approximate surface area is 119 Å². The van der Waals surface area contributed by atoms with E-state index in [4.69, 9.17) is 4.42 Å². The summed E-state index contributed by atoms with van der Waals surface area (Å²) in [5.41, 5.74) is 1.56. The van der Waals surface area contributed by atoms with Gasteiger partial charge in [-0.15, -0.1) is 12.4 Å². The van der Waals surface area contributed by atoms with Crippen LogP contribution in [0.5, 0.6) is 0 Å². The van der Waals surface area contributed by atoms with Gasteiger partial charge in [0.1, 0.15) is 11.5 Å². The molecule has 7 heteroatoms. The second-order valence-electron chi connectivity index (χ2n) is 3.91. The molecule has 3 rings (SSSR count). The van der Waals surface area contributed by atoms with Crippen LogP contribution in [-0.4, -0.2) is 21.2 Å². The standard InChI is InChI=1S/C11H12BrN3O2.ClH/c12-9-2-1-8(17-9)11-7(6-16)14-10-5-13-3-4-15(10)11;/h1-2,13,16H,3-6H2;1H. The number of nitrogens with zero attached hydrogens (tertiary/aromatic N) is 2. The first-order valence-electron chi connectivity index (χ1n) is 5.45. The number of aromatic nitrogens is 2. The lowest BCUT2D eigenvalue weighted by Crippen LogP contribution is -2.28. The molecule has 98 valence electrons. The molecule has 2 aromatic heterocycles. The number of nitrogens with one attached hydrogen (secondary N) is 1. The SMILES string of the molecule is Cl.OCc1nc2n(c1-c1ccc(Br)o1)CCNC2. The fourth-order valence-corrected chi connectivity index (χ4v) is 2.45. The van der Waals surface area contributed by atoms with Gasteiger partial charge in [0.15, 0.2) is 10.4 Å². The number of furan rings is 1. The van der Waals surface area contributed by atoms with Crippen LogP contribution < -0.4 is 5.32 Å². The highest BCUT2D eigenvalue weighted by atomic mass is 79.9. The second kappa shape index (κ2) is 5.44. The van der Waals surface area contributed by atoms with Crippen LogP contribution in [0.2, 0.25) is 0 Å². The maximum absolute atomic E-state index is 9.39. The Kier molecular flexibility index (Phi) is 4.11. The summed E-state index contributed by atoms with van der Waals surface area (Å²) in [5.74, 6) is 1.68. The van der Waals surface area contributed by atoms with Gasteiger partial charge >= 0.3 is 0 Å². The Hall–Kier alpha value is -0.820. The third-order valence-corrected chi connectivity index (χ3v) is 3.30. The van der Waals surface area contributed by atoms with Gasteiger partial charge in [0.2, 0.25) is 0 Å². The minimum atomic E-state index is -0.0757. The van der Waals surface area contributed by atoms with E-state index in [1.807, 2.05) is 12.1 Å². The molecule has 1 aliphatic heterocycles. The van der Waals surface area contributed by atoms with E-state index in [-0.39, 0.29) is 19.0 Å². The van der Waals surface area contributed by atoms with E-state index in [1.165, 1.54) is 0 Å². The molecule has 0 aromatic carbocycles. The molecule has 3 heterocycles. The molecule has 0 bridgehead atoms. The third-order valence-electron chi connectivity index (χ3n) is 2.87. The lowest BCUT2D eigenvalue weighted by Gasteiger charge is -2.16. The van der Waals surface area contributed by atoms with Crippen LogP contribution in [0.1, 0.15) is 11.5 Å². The topological polar surface area (TPSA) is 63.2 Å². The number of aliphatic hydroxyl groups is 1. The normalized spacial score (nSPS) is 14.1. The summed E-state index contributed by atoms with van der Waals surface area (Å²) in [5, 5.41) is 12.6. The summed E-state index contributed by atoms with van der Waals surface area (Å²) in [7, 11) is 0. The molecular formula is C11H13BrClN3O2. The van der Waals surface area contributed by atoms with Crippen molar-refractivity contribution >= 4 is 28.3 Å². The van der Waals surface area contributed by atoms with Crippen LogP contribution >= 0.6 is 28.3 Å². The minimum absolute atomic E-state index is 0. The Morgan fingerprint density at radius 3 is 3.00 bits per heavy atom. The van der Waals surface area contributed by atoms with E-state index in [2.05, 4.69) is 30.8 Å². The molecule has 0 aliphatic carbocycles. The highest BCUT2D eigenvalue weighted by Gasteiger charge is 2.22. The highest BCUT2D eigenvalue weighted by Crippen LogP contribution is 2.29. The number of halogens is 2. The van der Waals surface area contributed by atoms with Gasteiger partial charge in [0.25, 0.3) is 0 Å². The van der Waals surface area contributed by atoms with Gasteiger partial charge in [-0.1, -0.05) is 0 Å². The van der Waals surface area contributed by atoms with Crippen molar-refractivity contribution < 1.29 is 9.52 Å². The zero-order chi connectivity index (χ0) is 11.8. The average molecular weight is 335 g/mol. The van der Waals surface area contributed by atoms with Gasteiger partial charge in [-0.3, -0.25) is 0 Å². The van der Waals surface area contributed by atoms with Crippen molar-refractivity contribution in [3.05, 3.63) is 28.3 Å². The van der Waals surface area contributed by atoms with Gasteiger partial charge in [0.05, 0.1) is 18.8 Å². The molecule has 5 nitrogen and oxygen atoms in total. The largest absolute Gasteiger partial charge is 0.448 e. The molecule has 1 aliphatic rings. The van der Waals surface area contributed by atoms with E-state index in [0.29, 0.717) is 10.4 Å². The van der Waals surface area contributed by atoms with Gasteiger partial charge in [-0.2, -0.15) is 0 Å². The minimum Gasteiger partial charge on any atom is -0.448 e. The van der Waals surface area contributed by atoms with Crippen molar-refractivity contribution in [2.24, 2.45) is 0 Å². The van der Waals surface area contributed by atoms with E-state index < -0.39 is 0 Å². The highest BCUT2D eigenvalue weighted by molar-refractivity contribution is 9.10. The van der Waals surface area contributed by atoms with Gasteiger partial charge in [-0.05, 0) is 28.1 Å². The van der Waals surface area contributed by atoms with Crippen molar-refractivity contribution in [2.75, 3.05) is 6.54 Å². The second-order valence-corrected chi connectivity index (χ2v) is 4.70. The van der Waals surface area contributed by atoms with E-state index in [1.54, 1.807) is 0 Å². The van der Waals surface area contributed by atoms with Crippen LogP contribution in [-0.2, 0) is 19.7 Å². The Balaban J connectivity index is 0.00000120. The summed E-state index contributed by atoms with van der Waals surface area (Å²) in [6, 6.07) is 3.73. The van der Waals surface area contributed by atoms with Crippen molar-refractivity contribution in [2.45, 2.75) is 19.7 Å². The number of aliphatic hydroxyl groups excluding tert-OH is 1. The number of hydrogen-bond acceptors (Lipinski definition) is 4. The predicted molar refractivity (Wildman–Crippen MR) is 72.5 cm³/mol. The summed E-state index contributed by atoms with van der Waals surface area (Å²) >= 11 is 3.29. The Bertz CT molecular complexity index is 552. The molecule has 0 fully saturated rings. The quantitative estimate of drug-likeness (QED) is 0.881. The van der Waals surface area contributed by atoms with Crippen LogP contribution in [0.3, 0.4) is 0 Å². The Morgan fingerprint density at radius 1 is 1.50 bits per heavy atom. The summed E-state index contributed by atoms with van der Waals surface area (Å²) in [4.78, 5) is 4.43. The van der Waals surface area contributed by atoms with Gasteiger partial charge < -0.3 is 19.4 Å². The summed E-state index contributed by atoms with van der Waals surface area (Å²) in [6.45, 7) is 2.40. The fourth-order valence-electron chi connectivity index (χ4n) is 2.15.